The zero-order valence-corrected chi connectivity index (χ0v) is 12.7. The maximum Gasteiger partial charge on any atom is 0.209 e. The summed E-state index contributed by atoms with van der Waals surface area (Å²) in [6.07, 6.45) is 1.10. The van der Waals surface area contributed by atoms with Gasteiger partial charge in [-0.3, -0.25) is 0 Å². The van der Waals surface area contributed by atoms with E-state index in [1.165, 1.54) is 6.07 Å². The van der Waals surface area contributed by atoms with Gasteiger partial charge in [0.05, 0.1) is 11.3 Å². The molecule has 0 fully saturated rings. The molecule has 0 atom stereocenters. The molecule has 0 amide bonds. The van der Waals surface area contributed by atoms with Gasteiger partial charge >= 0.3 is 0 Å². The lowest BCUT2D eigenvalue weighted by molar-refractivity contribution is 0.418. The number of nitrogens with one attached hydrogen (secondary N) is 2. The lowest BCUT2D eigenvalue weighted by Gasteiger charge is -2.25. The zero-order valence-electron chi connectivity index (χ0n) is 11.1. The molecule has 0 heterocycles. The van der Waals surface area contributed by atoms with Crippen LogP contribution in [0.2, 0.25) is 5.02 Å². The van der Waals surface area contributed by atoms with Gasteiger partial charge in [-0.15, -0.1) is 0 Å². The smallest absolute Gasteiger partial charge is 0.209 e. The molecular formula is C12H18ClFN2O2S. The highest BCUT2D eigenvalue weighted by atomic mass is 35.5. The van der Waals surface area contributed by atoms with Crippen LogP contribution in [0.4, 0.5) is 4.39 Å². The number of halogens is 2. The molecule has 0 aliphatic carbocycles. The molecule has 108 valence electrons. The zero-order chi connectivity index (χ0) is 14.7. The highest BCUT2D eigenvalue weighted by Crippen LogP contribution is 2.17. The summed E-state index contributed by atoms with van der Waals surface area (Å²) in [5.74, 6) is -0.453. The molecule has 4 nitrogen and oxygen atoms in total. The van der Waals surface area contributed by atoms with Crippen LogP contribution in [0.15, 0.2) is 18.2 Å². The predicted octanol–water partition coefficient (Wildman–Crippen LogP) is 1.90. The molecule has 1 rings (SSSR count). The summed E-state index contributed by atoms with van der Waals surface area (Å²) in [5, 5.41) is 3.08. The summed E-state index contributed by atoms with van der Waals surface area (Å²) in [4.78, 5) is 0. The van der Waals surface area contributed by atoms with Crippen LogP contribution in [0.3, 0.4) is 0 Å². The minimum absolute atomic E-state index is 0.0767. The van der Waals surface area contributed by atoms with Crippen LogP contribution in [-0.2, 0) is 16.6 Å². The van der Waals surface area contributed by atoms with Gasteiger partial charge in [0.25, 0.3) is 0 Å². The lowest BCUT2D eigenvalue weighted by Crippen LogP contribution is -2.49. The number of hydrogen-bond acceptors (Lipinski definition) is 3. The molecule has 0 saturated carbocycles. The number of hydrogen-bond donors (Lipinski definition) is 2. The molecule has 1 aromatic carbocycles. The van der Waals surface area contributed by atoms with Gasteiger partial charge in [0.15, 0.2) is 0 Å². The van der Waals surface area contributed by atoms with Crippen molar-refractivity contribution >= 4 is 21.6 Å². The molecule has 2 N–H and O–H groups in total. The largest absolute Gasteiger partial charge is 0.311 e. The Hall–Kier alpha value is -0.690. The highest BCUT2D eigenvalue weighted by Gasteiger charge is 2.21. The van der Waals surface area contributed by atoms with E-state index in [-0.39, 0.29) is 11.6 Å². The minimum atomic E-state index is -3.28. The third kappa shape index (κ3) is 5.86. The third-order valence-electron chi connectivity index (χ3n) is 2.38. The third-order valence-corrected chi connectivity index (χ3v) is 3.59. The normalized spacial score (nSPS) is 12.7. The van der Waals surface area contributed by atoms with Crippen molar-refractivity contribution in [3.05, 3.63) is 34.6 Å². The average molecular weight is 309 g/mol. The van der Waals surface area contributed by atoms with Crippen molar-refractivity contribution in [2.24, 2.45) is 0 Å². The first kappa shape index (κ1) is 16.4. The molecule has 0 unspecified atom stereocenters. The quantitative estimate of drug-likeness (QED) is 0.844. The summed E-state index contributed by atoms with van der Waals surface area (Å²) in [6.45, 7) is 4.14. The van der Waals surface area contributed by atoms with E-state index in [1.807, 2.05) is 0 Å². The summed E-state index contributed by atoms with van der Waals surface area (Å²) >= 11 is 5.68. The first-order chi connectivity index (χ1) is 8.61. The first-order valence-corrected chi connectivity index (χ1v) is 8.00. The van der Waals surface area contributed by atoms with Crippen molar-refractivity contribution in [1.82, 2.24) is 10.0 Å². The van der Waals surface area contributed by atoms with Crippen molar-refractivity contribution < 1.29 is 12.8 Å². The Morgan fingerprint density at radius 2 is 2.00 bits per heavy atom. The molecule has 0 aliphatic heterocycles. The molecule has 0 spiro atoms. The van der Waals surface area contributed by atoms with Gasteiger partial charge in [-0.2, -0.15) is 0 Å². The van der Waals surface area contributed by atoms with Gasteiger partial charge in [0.2, 0.25) is 10.0 Å². The number of rotatable bonds is 6. The van der Waals surface area contributed by atoms with Crippen molar-refractivity contribution in [3.63, 3.8) is 0 Å². The second-order valence-electron chi connectivity index (χ2n) is 5.07. The molecule has 0 aliphatic rings. The van der Waals surface area contributed by atoms with Gasteiger partial charge < -0.3 is 5.32 Å². The fourth-order valence-corrected chi connectivity index (χ4v) is 3.00. The lowest BCUT2D eigenvalue weighted by atomic mass is 10.1. The molecule has 7 heteroatoms. The van der Waals surface area contributed by atoms with E-state index in [1.54, 1.807) is 26.0 Å². The van der Waals surface area contributed by atoms with Gasteiger partial charge in [0, 0.05) is 24.2 Å². The van der Waals surface area contributed by atoms with Gasteiger partial charge in [0.1, 0.15) is 5.82 Å². The van der Waals surface area contributed by atoms with E-state index < -0.39 is 21.4 Å². The summed E-state index contributed by atoms with van der Waals surface area (Å²) in [6, 6.07) is 4.78. The van der Waals surface area contributed by atoms with E-state index in [2.05, 4.69) is 10.0 Å². The predicted molar refractivity (Wildman–Crippen MR) is 75.2 cm³/mol. The summed E-state index contributed by atoms with van der Waals surface area (Å²) < 4.78 is 38.4. The van der Waals surface area contributed by atoms with E-state index in [4.69, 9.17) is 11.6 Å². The van der Waals surface area contributed by atoms with Gasteiger partial charge in [-0.05, 0) is 19.9 Å². The van der Waals surface area contributed by atoms with Crippen molar-refractivity contribution in [3.8, 4) is 0 Å². The second-order valence-corrected chi connectivity index (χ2v) is 7.23. The Bertz CT molecular complexity index is 547. The van der Waals surface area contributed by atoms with E-state index in [9.17, 15) is 12.8 Å². The van der Waals surface area contributed by atoms with Crippen LogP contribution in [-0.4, -0.2) is 26.8 Å². The Kier molecular flexibility index (Phi) is 5.32. The Morgan fingerprint density at radius 3 is 2.58 bits per heavy atom. The number of sulfonamides is 1. The van der Waals surface area contributed by atoms with Gasteiger partial charge in [-0.25, -0.2) is 17.5 Å². The van der Waals surface area contributed by atoms with Crippen LogP contribution in [0.25, 0.3) is 0 Å². The van der Waals surface area contributed by atoms with Crippen LogP contribution in [0.1, 0.15) is 19.4 Å². The fourth-order valence-electron chi connectivity index (χ4n) is 1.73. The minimum Gasteiger partial charge on any atom is -0.311 e. The van der Waals surface area contributed by atoms with Crippen LogP contribution >= 0.6 is 11.6 Å². The second kappa shape index (κ2) is 6.17. The molecule has 0 saturated heterocycles. The van der Waals surface area contributed by atoms with Crippen molar-refractivity contribution in [2.45, 2.75) is 25.9 Å². The van der Waals surface area contributed by atoms with Crippen LogP contribution < -0.4 is 10.0 Å². The maximum absolute atomic E-state index is 13.6. The topological polar surface area (TPSA) is 58.2 Å². The van der Waals surface area contributed by atoms with Crippen LogP contribution in [0.5, 0.6) is 0 Å². The van der Waals surface area contributed by atoms with Crippen LogP contribution in [0, 0.1) is 5.82 Å². The Morgan fingerprint density at radius 1 is 1.37 bits per heavy atom. The Balaban J connectivity index is 2.57. The van der Waals surface area contributed by atoms with Gasteiger partial charge in [-0.1, -0.05) is 23.7 Å². The number of benzene rings is 1. The average Bonchev–Trinajstić information content (AvgIpc) is 2.20. The first-order valence-electron chi connectivity index (χ1n) is 5.73. The van der Waals surface area contributed by atoms with E-state index >= 15 is 0 Å². The van der Waals surface area contributed by atoms with E-state index in [0.29, 0.717) is 12.1 Å². The standard InChI is InChI=1S/C12H18ClFN2O2S/c1-12(2,16-19(3,17)18)8-15-7-9-5-4-6-10(13)11(9)14/h4-6,15-16H,7-8H2,1-3H3. The molecule has 0 bridgehead atoms. The Labute approximate surface area is 118 Å². The SMILES string of the molecule is CC(C)(CNCc1cccc(Cl)c1F)NS(C)(=O)=O. The monoisotopic (exact) mass is 308 g/mol. The summed E-state index contributed by atoms with van der Waals surface area (Å²) in [7, 11) is -3.28. The fraction of sp³-hybridized carbons (Fsp3) is 0.500. The molecule has 1 aromatic rings. The highest BCUT2D eigenvalue weighted by molar-refractivity contribution is 7.88. The van der Waals surface area contributed by atoms with E-state index in [0.717, 1.165) is 6.26 Å². The molecule has 19 heavy (non-hydrogen) atoms. The van der Waals surface area contributed by atoms with Crippen molar-refractivity contribution in [2.75, 3.05) is 12.8 Å². The summed E-state index contributed by atoms with van der Waals surface area (Å²) in [5.41, 5.74) is -0.203. The molecule has 0 radical (unpaired) electrons. The van der Waals surface area contributed by atoms with Crippen molar-refractivity contribution in [1.29, 1.82) is 0 Å². The molecular weight excluding hydrogens is 291 g/mol. The maximum atomic E-state index is 13.6. The molecule has 0 aromatic heterocycles.